The van der Waals surface area contributed by atoms with E-state index >= 15 is 0 Å². The number of hydrogen-bond acceptors (Lipinski definition) is 6. The van der Waals surface area contributed by atoms with Crippen LogP contribution >= 0.6 is 35.0 Å². The lowest BCUT2D eigenvalue weighted by atomic mass is 10.2. The minimum atomic E-state index is -0.262. The van der Waals surface area contributed by atoms with Gasteiger partial charge in [-0.05, 0) is 71.4 Å². The maximum atomic E-state index is 12.9. The molecule has 3 aromatic carbocycles. The molecule has 0 saturated heterocycles. The third-order valence-electron chi connectivity index (χ3n) is 4.83. The van der Waals surface area contributed by atoms with E-state index in [0.717, 1.165) is 10.5 Å². The predicted molar refractivity (Wildman–Crippen MR) is 127 cm³/mol. The van der Waals surface area contributed by atoms with E-state index in [0.29, 0.717) is 39.5 Å². The van der Waals surface area contributed by atoms with E-state index in [-0.39, 0.29) is 18.0 Å². The number of carbonyl (C=O) groups excluding carboxylic acids is 1. The molecule has 1 aliphatic heterocycles. The van der Waals surface area contributed by atoms with Gasteiger partial charge in [-0.25, -0.2) is 4.68 Å². The quantitative estimate of drug-likeness (QED) is 0.363. The van der Waals surface area contributed by atoms with Crippen molar-refractivity contribution in [3.63, 3.8) is 0 Å². The van der Waals surface area contributed by atoms with Gasteiger partial charge in [0.05, 0.1) is 12.2 Å². The van der Waals surface area contributed by atoms with Crippen LogP contribution in [-0.4, -0.2) is 27.5 Å². The molecule has 0 fully saturated rings. The molecule has 1 amide bonds. The molecule has 0 saturated carbocycles. The highest BCUT2D eigenvalue weighted by molar-refractivity contribution is 7.99. The lowest BCUT2D eigenvalue weighted by Gasteiger charge is -2.11. The minimum absolute atomic E-state index is 0.147. The molecule has 0 atom stereocenters. The number of nitrogens with zero attached hydrogens (tertiary/aromatic N) is 3. The molecule has 33 heavy (non-hydrogen) atoms. The lowest BCUT2D eigenvalue weighted by Crippen LogP contribution is -2.12. The van der Waals surface area contributed by atoms with Crippen LogP contribution in [0.25, 0.3) is 0 Å². The van der Waals surface area contributed by atoms with Gasteiger partial charge in [0.2, 0.25) is 12.1 Å². The molecule has 7 nitrogen and oxygen atoms in total. The van der Waals surface area contributed by atoms with Crippen LogP contribution in [0.3, 0.4) is 0 Å². The molecule has 1 aliphatic rings. The SMILES string of the molecule is O=C(Nc1ccccc1Sc1nc(Cl)nn1Cc1ccc(Cl)cc1)c1ccc2c(c1)OCO2. The van der Waals surface area contributed by atoms with Crippen molar-refractivity contribution in [1.82, 2.24) is 14.8 Å². The maximum absolute atomic E-state index is 12.9. The molecule has 10 heteroatoms. The van der Waals surface area contributed by atoms with Gasteiger partial charge in [-0.3, -0.25) is 4.79 Å². The summed E-state index contributed by atoms with van der Waals surface area (Å²) in [5.74, 6) is 0.914. The molecule has 4 aromatic rings. The number of halogens is 2. The monoisotopic (exact) mass is 498 g/mol. The Morgan fingerprint density at radius 2 is 1.82 bits per heavy atom. The summed E-state index contributed by atoms with van der Waals surface area (Å²) in [5.41, 5.74) is 2.11. The summed E-state index contributed by atoms with van der Waals surface area (Å²) in [6.07, 6.45) is 0. The zero-order valence-electron chi connectivity index (χ0n) is 17.0. The van der Waals surface area contributed by atoms with Gasteiger partial charge in [0.1, 0.15) is 0 Å². The Kier molecular flexibility index (Phi) is 6.13. The second-order valence-electron chi connectivity index (χ2n) is 7.07. The fraction of sp³-hybridized carbons (Fsp3) is 0.0870. The van der Waals surface area contributed by atoms with E-state index in [1.807, 2.05) is 48.5 Å². The molecule has 166 valence electrons. The van der Waals surface area contributed by atoms with Crippen LogP contribution in [0.4, 0.5) is 5.69 Å². The summed E-state index contributed by atoms with van der Waals surface area (Å²) >= 11 is 13.4. The first-order valence-corrected chi connectivity index (χ1v) is 11.4. The largest absolute Gasteiger partial charge is 0.454 e. The Balaban J connectivity index is 1.36. The summed E-state index contributed by atoms with van der Waals surface area (Å²) in [5, 5.41) is 8.67. The van der Waals surface area contributed by atoms with E-state index < -0.39 is 0 Å². The smallest absolute Gasteiger partial charge is 0.255 e. The average molecular weight is 499 g/mol. The number of ether oxygens (including phenoxy) is 2. The van der Waals surface area contributed by atoms with Crippen molar-refractivity contribution < 1.29 is 14.3 Å². The molecule has 0 bridgehead atoms. The summed E-state index contributed by atoms with van der Waals surface area (Å²) in [7, 11) is 0. The molecule has 1 aromatic heterocycles. The Bertz CT molecular complexity index is 1330. The van der Waals surface area contributed by atoms with Crippen molar-refractivity contribution in [2.24, 2.45) is 0 Å². The number of fused-ring (bicyclic) bond motifs is 1. The molecule has 0 aliphatic carbocycles. The molecule has 5 rings (SSSR count). The number of rotatable bonds is 6. The van der Waals surface area contributed by atoms with Crippen LogP contribution in [0, 0.1) is 0 Å². The Morgan fingerprint density at radius 3 is 2.67 bits per heavy atom. The second kappa shape index (κ2) is 9.35. The molecule has 2 heterocycles. The summed E-state index contributed by atoms with van der Waals surface area (Å²) < 4.78 is 12.4. The first-order valence-electron chi connectivity index (χ1n) is 9.88. The average Bonchev–Trinajstić information content (AvgIpc) is 3.42. The molecular formula is C23H16Cl2N4O3S. The second-order valence-corrected chi connectivity index (χ2v) is 8.85. The standard InChI is InChI=1S/C23H16Cl2N4O3S/c24-16-8-5-14(6-9-16)12-29-23(27-22(25)28-29)33-20-4-2-1-3-17(20)26-21(30)15-7-10-18-19(11-15)32-13-31-18/h1-11H,12-13H2,(H,26,30). The summed E-state index contributed by atoms with van der Waals surface area (Å²) in [6, 6.07) is 20.0. The number of amides is 1. The number of hydrogen-bond donors (Lipinski definition) is 1. The van der Waals surface area contributed by atoms with Gasteiger partial charge >= 0.3 is 0 Å². The van der Waals surface area contributed by atoms with Gasteiger partial charge in [-0.1, -0.05) is 35.9 Å². The highest BCUT2D eigenvalue weighted by Crippen LogP contribution is 2.35. The van der Waals surface area contributed by atoms with Crippen molar-refractivity contribution in [3.8, 4) is 11.5 Å². The van der Waals surface area contributed by atoms with Gasteiger partial charge in [0.15, 0.2) is 16.7 Å². The van der Waals surface area contributed by atoms with Crippen LogP contribution in [0.2, 0.25) is 10.3 Å². The van der Waals surface area contributed by atoms with E-state index in [1.165, 1.54) is 11.8 Å². The zero-order valence-corrected chi connectivity index (χ0v) is 19.3. The molecule has 0 unspecified atom stereocenters. The molecular weight excluding hydrogens is 483 g/mol. The zero-order chi connectivity index (χ0) is 22.8. The highest BCUT2D eigenvalue weighted by Gasteiger charge is 2.18. The minimum Gasteiger partial charge on any atom is -0.454 e. The molecule has 1 N–H and O–H groups in total. The van der Waals surface area contributed by atoms with Crippen LogP contribution in [0.1, 0.15) is 15.9 Å². The van der Waals surface area contributed by atoms with Crippen molar-refractivity contribution in [2.45, 2.75) is 16.6 Å². The maximum Gasteiger partial charge on any atom is 0.255 e. The van der Waals surface area contributed by atoms with Gasteiger partial charge < -0.3 is 14.8 Å². The van der Waals surface area contributed by atoms with E-state index in [9.17, 15) is 4.79 Å². The van der Waals surface area contributed by atoms with Gasteiger partial charge in [-0.15, -0.1) is 5.10 Å². The fourth-order valence-electron chi connectivity index (χ4n) is 3.23. The third-order valence-corrected chi connectivity index (χ3v) is 6.30. The Morgan fingerprint density at radius 1 is 1.03 bits per heavy atom. The van der Waals surface area contributed by atoms with Crippen LogP contribution in [0.15, 0.2) is 76.8 Å². The van der Waals surface area contributed by atoms with Gasteiger partial charge in [0.25, 0.3) is 5.91 Å². The van der Waals surface area contributed by atoms with Crippen molar-refractivity contribution >= 4 is 46.6 Å². The van der Waals surface area contributed by atoms with Gasteiger partial charge in [0, 0.05) is 15.5 Å². The molecule has 0 spiro atoms. The summed E-state index contributed by atoms with van der Waals surface area (Å²) in [4.78, 5) is 18.0. The topological polar surface area (TPSA) is 78.3 Å². The lowest BCUT2D eigenvalue weighted by molar-refractivity contribution is 0.102. The first kappa shape index (κ1) is 21.6. The van der Waals surface area contributed by atoms with Crippen LogP contribution in [-0.2, 0) is 6.54 Å². The van der Waals surface area contributed by atoms with Crippen molar-refractivity contribution in [3.05, 3.63) is 88.2 Å². The van der Waals surface area contributed by atoms with Crippen molar-refractivity contribution in [1.29, 1.82) is 0 Å². The normalized spacial score (nSPS) is 12.1. The Hall–Kier alpha value is -3.20. The highest BCUT2D eigenvalue weighted by atomic mass is 35.5. The van der Waals surface area contributed by atoms with Crippen LogP contribution < -0.4 is 14.8 Å². The van der Waals surface area contributed by atoms with Crippen molar-refractivity contribution in [2.75, 3.05) is 12.1 Å². The van der Waals surface area contributed by atoms with Crippen LogP contribution in [0.5, 0.6) is 11.5 Å². The number of para-hydroxylation sites is 1. The fourth-order valence-corrected chi connectivity index (χ4v) is 4.49. The van der Waals surface area contributed by atoms with E-state index in [4.69, 9.17) is 32.7 Å². The number of carbonyl (C=O) groups is 1. The van der Waals surface area contributed by atoms with E-state index in [1.54, 1.807) is 22.9 Å². The number of aromatic nitrogens is 3. The Labute approximate surface area is 203 Å². The summed E-state index contributed by atoms with van der Waals surface area (Å²) in [6.45, 7) is 0.629. The van der Waals surface area contributed by atoms with E-state index in [2.05, 4.69) is 15.4 Å². The molecule has 0 radical (unpaired) electrons. The number of anilines is 1. The number of benzene rings is 3. The predicted octanol–water partition coefficient (Wildman–Crippen LogP) is 5.77. The first-order chi connectivity index (χ1) is 16.0. The number of nitrogens with one attached hydrogen (secondary N) is 1. The third kappa shape index (κ3) is 4.93. The van der Waals surface area contributed by atoms with Gasteiger partial charge in [-0.2, -0.15) is 4.98 Å².